The van der Waals surface area contributed by atoms with Crippen LogP contribution in [0, 0.1) is 11.3 Å². The van der Waals surface area contributed by atoms with E-state index in [1.165, 1.54) is 23.1 Å². The highest BCUT2D eigenvalue weighted by atomic mass is 32.2. The molecule has 0 aliphatic heterocycles. The number of hydrogen-bond donors (Lipinski definition) is 1. The van der Waals surface area contributed by atoms with E-state index in [9.17, 15) is 4.79 Å². The SMILES string of the molecule is N#Cc1ccc(CSc2nnc(NC(=O)c3cc(-c4ccco4)nn3-c3ccccc3)s2)cc1. The van der Waals surface area contributed by atoms with Gasteiger partial charge in [0.2, 0.25) is 5.13 Å². The van der Waals surface area contributed by atoms with Gasteiger partial charge in [0.15, 0.2) is 10.1 Å². The minimum atomic E-state index is -0.353. The van der Waals surface area contributed by atoms with Crippen LogP contribution in [0.3, 0.4) is 0 Å². The van der Waals surface area contributed by atoms with Crippen molar-refractivity contribution in [3.8, 4) is 23.2 Å². The van der Waals surface area contributed by atoms with Gasteiger partial charge in [-0.15, -0.1) is 10.2 Å². The predicted octanol–water partition coefficient (Wildman–Crippen LogP) is 5.40. The van der Waals surface area contributed by atoms with Gasteiger partial charge in [0, 0.05) is 11.8 Å². The number of carbonyl (C=O) groups is 1. The molecule has 1 N–H and O–H groups in total. The number of nitrogens with zero attached hydrogens (tertiary/aromatic N) is 5. The molecular weight excluding hydrogens is 468 g/mol. The Bertz CT molecular complexity index is 1450. The fraction of sp³-hybridized carbons (Fsp3) is 0.0417. The number of para-hydroxylation sites is 1. The highest BCUT2D eigenvalue weighted by Crippen LogP contribution is 2.29. The van der Waals surface area contributed by atoms with E-state index >= 15 is 0 Å². The summed E-state index contributed by atoms with van der Waals surface area (Å²) in [5, 5.41) is 25.0. The Kier molecular flexibility index (Phi) is 6.20. The molecule has 0 spiro atoms. The summed E-state index contributed by atoms with van der Waals surface area (Å²) in [5.74, 6) is 0.900. The molecule has 5 rings (SSSR count). The van der Waals surface area contributed by atoms with Crippen LogP contribution in [0.15, 0.2) is 87.8 Å². The number of aromatic nitrogens is 4. The molecule has 0 saturated carbocycles. The maximum atomic E-state index is 13.1. The van der Waals surface area contributed by atoms with Gasteiger partial charge in [-0.1, -0.05) is 53.4 Å². The molecular formula is C24H16N6O2S2. The number of nitrogens with one attached hydrogen (secondary N) is 1. The number of thioether (sulfide) groups is 1. The zero-order valence-electron chi connectivity index (χ0n) is 17.6. The smallest absolute Gasteiger partial charge is 0.276 e. The number of carbonyl (C=O) groups excluding carboxylic acids is 1. The maximum absolute atomic E-state index is 13.1. The molecule has 34 heavy (non-hydrogen) atoms. The summed E-state index contributed by atoms with van der Waals surface area (Å²) in [6.45, 7) is 0. The van der Waals surface area contributed by atoms with Crippen LogP contribution < -0.4 is 5.32 Å². The molecule has 3 heterocycles. The number of amides is 1. The van der Waals surface area contributed by atoms with E-state index in [-0.39, 0.29) is 5.91 Å². The fourth-order valence-electron chi connectivity index (χ4n) is 3.15. The van der Waals surface area contributed by atoms with Gasteiger partial charge in [-0.2, -0.15) is 10.4 Å². The van der Waals surface area contributed by atoms with Gasteiger partial charge in [0.1, 0.15) is 11.4 Å². The van der Waals surface area contributed by atoms with Crippen molar-refractivity contribution in [1.82, 2.24) is 20.0 Å². The number of nitriles is 1. The van der Waals surface area contributed by atoms with Crippen molar-refractivity contribution < 1.29 is 9.21 Å². The monoisotopic (exact) mass is 484 g/mol. The van der Waals surface area contributed by atoms with Crippen LogP contribution in [0.2, 0.25) is 0 Å². The lowest BCUT2D eigenvalue weighted by molar-refractivity contribution is 0.101. The zero-order valence-corrected chi connectivity index (χ0v) is 19.2. The third-order valence-corrected chi connectivity index (χ3v) is 6.83. The van der Waals surface area contributed by atoms with Crippen molar-refractivity contribution in [2.75, 3.05) is 5.32 Å². The highest BCUT2D eigenvalue weighted by Gasteiger charge is 2.20. The normalized spacial score (nSPS) is 10.7. The van der Waals surface area contributed by atoms with Gasteiger partial charge >= 0.3 is 0 Å². The lowest BCUT2D eigenvalue weighted by Gasteiger charge is -2.06. The number of furan rings is 1. The maximum Gasteiger partial charge on any atom is 0.276 e. The van der Waals surface area contributed by atoms with Crippen LogP contribution >= 0.6 is 23.1 Å². The van der Waals surface area contributed by atoms with Crippen molar-refractivity contribution in [3.05, 3.63) is 95.9 Å². The molecule has 0 radical (unpaired) electrons. The van der Waals surface area contributed by atoms with Crippen molar-refractivity contribution in [2.45, 2.75) is 10.1 Å². The average Bonchev–Trinajstić information content (AvgIpc) is 3.64. The third kappa shape index (κ3) is 4.76. The summed E-state index contributed by atoms with van der Waals surface area (Å²) in [5.41, 5.74) is 3.34. The Labute approximate surface area is 202 Å². The van der Waals surface area contributed by atoms with E-state index in [4.69, 9.17) is 9.68 Å². The van der Waals surface area contributed by atoms with Gasteiger partial charge in [-0.05, 0) is 42.0 Å². The van der Waals surface area contributed by atoms with Gasteiger partial charge in [-0.25, -0.2) is 4.68 Å². The van der Waals surface area contributed by atoms with E-state index in [0.29, 0.717) is 33.6 Å². The minimum Gasteiger partial charge on any atom is -0.463 e. The number of benzene rings is 2. The molecule has 2 aromatic carbocycles. The first kappa shape index (κ1) is 21.6. The molecule has 0 aliphatic rings. The molecule has 0 unspecified atom stereocenters. The molecule has 8 nitrogen and oxygen atoms in total. The van der Waals surface area contributed by atoms with Crippen LogP contribution in [0.5, 0.6) is 0 Å². The zero-order chi connectivity index (χ0) is 23.3. The topological polar surface area (TPSA) is 110 Å². The molecule has 166 valence electrons. The van der Waals surface area contributed by atoms with Crippen LogP contribution in [-0.2, 0) is 5.75 Å². The standard InChI is InChI=1S/C24H16N6O2S2/c25-14-16-8-10-17(11-9-16)15-33-24-28-27-23(34-24)26-22(31)20-13-19(21-7-4-12-32-21)29-30(20)18-5-2-1-3-6-18/h1-13H,15H2,(H,26,27,31). The second kappa shape index (κ2) is 9.74. The molecule has 0 atom stereocenters. The van der Waals surface area contributed by atoms with E-state index in [1.54, 1.807) is 41.3 Å². The summed E-state index contributed by atoms with van der Waals surface area (Å²) < 4.78 is 7.76. The second-order valence-corrected chi connectivity index (χ2v) is 9.26. The van der Waals surface area contributed by atoms with E-state index in [1.807, 2.05) is 42.5 Å². The Balaban J connectivity index is 1.32. The Morgan fingerprint density at radius 1 is 1.09 bits per heavy atom. The summed E-state index contributed by atoms with van der Waals surface area (Å²) in [4.78, 5) is 13.1. The quantitative estimate of drug-likeness (QED) is 0.243. The molecule has 0 bridgehead atoms. The van der Waals surface area contributed by atoms with Crippen LogP contribution in [0.4, 0.5) is 5.13 Å². The summed E-state index contributed by atoms with van der Waals surface area (Å²) >= 11 is 2.81. The number of hydrogen-bond acceptors (Lipinski definition) is 8. The lowest BCUT2D eigenvalue weighted by Crippen LogP contribution is -2.16. The van der Waals surface area contributed by atoms with Crippen LogP contribution in [0.25, 0.3) is 17.1 Å². The van der Waals surface area contributed by atoms with Crippen molar-refractivity contribution in [2.24, 2.45) is 0 Å². The summed E-state index contributed by atoms with van der Waals surface area (Å²) in [6.07, 6.45) is 1.56. The van der Waals surface area contributed by atoms with Crippen LogP contribution in [0.1, 0.15) is 21.6 Å². The third-order valence-electron chi connectivity index (χ3n) is 4.79. The van der Waals surface area contributed by atoms with Gasteiger partial charge in [-0.3, -0.25) is 10.1 Å². The predicted molar refractivity (Wildman–Crippen MR) is 130 cm³/mol. The molecule has 0 fully saturated rings. The van der Waals surface area contributed by atoms with E-state index in [2.05, 4.69) is 26.7 Å². The lowest BCUT2D eigenvalue weighted by atomic mass is 10.2. The van der Waals surface area contributed by atoms with Crippen molar-refractivity contribution >= 4 is 34.1 Å². The first-order valence-corrected chi connectivity index (χ1v) is 12.0. The van der Waals surface area contributed by atoms with E-state index < -0.39 is 0 Å². The van der Waals surface area contributed by atoms with Crippen molar-refractivity contribution in [3.63, 3.8) is 0 Å². The van der Waals surface area contributed by atoms with E-state index in [0.717, 1.165) is 15.6 Å². The first-order chi connectivity index (χ1) is 16.7. The van der Waals surface area contributed by atoms with Crippen LogP contribution in [-0.4, -0.2) is 25.9 Å². The Morgan fingerprint density at radius 2 is 1.91 bits per heavy atom. The summed E-state index contributed by atoms with van der Waals surface area (Å²) in [6, 6.07) is 24.2. The number of rotatable bonds is 7. The molecule has 0 aliphatic carbocycles. The largest absolute Gasteiger partial charge is 0.463 e. The average molecular weight is 485 g/mol. The number of anilines is 1. The van der Waals surface area contributed by atoms with Crippen molar-refractivity contribution in [1.29, 1.82) is 5.26 Å². The molecule has 3 aromatic heterocycles. The van der Waals surface area contributed by atoms with Gasteiger partial charge in [0.05, 0.1) is 23.6 Å². The molecule has 0 saturated heterocycles. The highest BCUT2D eigenvalue weighted by molar-refractivity contribution is 8.00. The first-order valence-electron chi connectivity index (χ1n) is 10.2. The molecule has 5 aromatic rings. The Morgan fingerprint density at radius 3 is 2.65 bits per heavy atom. The second-order valence-electron chi connectivity index (χ2n) is 7.06. The Hall–Kier alpha value is -4.20. The fourth-order valence-corrected chi connectivity index (χ4v) is 4.86. The molecule has 1 amide bonds. The van der Waals surface area contributed by atoms with Gasteiger partial charge < -0.3 is 4.42 Å². The summed E-state index contributed by atoms with van der Waals surface area (Å²) in [7, 11) is 0. The minimum absolute atomic E-state index is 0.347. The molecule has 10 heteroatoms. The van der Waals surface area contributed by atoms with Gasteiger partial charge in [0.25, 0.3) is 5.91 Å².